The lowest BCUT2D eigenvalue weighted by Gasteiger charge is -2.24. The van der Waals surface area contributed by atoms with Crippen molar-refractivity contribution in [1.29, 1.82) is 0 Å². The lowest BCUT2D eigenvalue weighted by Crippen LogP contribution is -2.30. The van der Waals surface area contributed by atoms with Gasteiger partial charge >= 0.3 is 0 Å². The van der Waals surface area contributed by atoms with E-state index in [1.807, 2.05) is 0 Å². The summed E-state index contributed by atoms with van der Waals surface area (Å²) in [7, 11) is 1.75. The highest BCUT2D eigenvalue weighted by atomic mass is 35.5. The van der Waals surface area contributed by atoms with Crippen LogP contribution in [0.25, 0.3) is 0 Å². The monoisotopic (exact) mass is 304 g/mol. The highest BCUT2D eigenvalue weighted by molar-refractivity contribution is 6.39. The highest BCUT2D eigenvalue weighted by Gasteiger charge is 2.31. The molecule has 1 atom stereocenters. The Morgan fingerprint density at radius 2 is 2.00 bits per heavy atom. The Bertz CT molecular complexity index is 483. The maximum absolute atomic E-state index is 10.7. The summed E-state index contributed by atoms with van der Waals surface area (Å²) >= 11 is 12.1. The largest absolute Gasteiger partial charge is 0.391 e. The first-order valence-electron chi connectivity index (χ1n) is 5.92. The van der Waals surface area contributed by atoms with Gasteiger partial charge in [0.25, 0.3) is 5.69 Å². The number of aliphatic hydroxyl groups is 1. The van der Waals surface area contributed by atoms with E-state index in [-0.39, 0.29) is 15.7 Å². The van der Waals surface area contributed by atoms with Crippen LogP contribution in [0.5, 0.6) is 0 Å². The highest BCUT2D eigenvalue weighted by Crippen LogP contribution is 2.38. The van der Waals surface area contributed by atoms with Crippen LogP contribution in [-0.4, -0.2) is 29.7 Å². The zero-order valence-electron chi connectivity index (χ0n) is 10.3. The van der Waals surface area contributed by atoms with Gasteiger partial charge in [0.1, 0.15) is 0 Å². The first-order valence-corrected chi connectivity index (χ1v) is 6.68. The Kier molecular flexibility index (Phi) is 4.18. The van der Waals surface area contributed by atoms with E-state index < -0.39 is 11.0 Å². The molecular weight excluding hydrogens is 291 g/mol. The summed E-state index contributed by atoms with van der Waals surface area (Å²) in [5.41, 5.74) is 0.364. The van der Waals surface area contributed by atoms with Crippen LogP contribution in [-0.2, 0) is 0 Å². The molecule has 1 aliphatic carbocycles. The number of hydrogen-bond acceptors (Lipinski definition) is 4. The van der Waals surface area contributed by atoms with Crippen molar-refractivity contribution < 1.29 is 10.0 Å². The normalized spacial score (nSPS) is 16.2. The minimum Gasteiger partial charge on any atom is -0.391 e. The molecule has 2 rings (SSSR count). The number of nitrogens with zero attached hydrogens (tertiary/aromatic N) is 2. The van der Waals surface area contributed by atoms with Gasteiger partial charge in [-0.3, -0.25) is 10.1 Å². The quantitative estimate of drug-likeness (QED) is 0.670. The number of nitro groups is 1. The molecule has 0 radical (unpaired) electrons. The zero-order chi connectivity index (χ0) is 14.2. The second-order valence-electron chi connectivity index (χ2n) is 4.80. The van der Waals surface area contributed by atoms with E-state index in [0.717, 1.165) is 12.8 Å². The third-order valence-corrected chi connectivity index (χ3v) is 3.80. The lowest BCUT2D eigenvalue weighted by atomic mass is 10.2. The first-order chi connectivity index (χ1) is 8.90. The molecular formula is C12H14Cl2N2O3. The zero-order valence-corrected chi connectivity index (χ0v) is 11.9. The van der Waals surface area contributed by atoms with E-state index in [0.29, 0.717) is 18.2 Å². The third kappa shape index (κ3) is 3.29. The number of non-ortho nitro benzene ring substituents is 1. The van der Waals surface area contributed by atoms with Crippen LogP contribution in [0.15, 0.2) is 12.1 Å². The molecule has 7 heteroatoms. The summed E-state index contributed by atoms with van der Waals surface area (Å²) in [6.45, 7) is 0.405. The third-order valence-electron chi connectivity index (χ3n) is 3.22. The molecule has 19 heavy (non-hydrogen) atoms. The molecule has 0 amide bonds. The van der Waals surface area contributed by atoms with Crippen LogP contribution in [0.4, 0.5) is 11.4 Å². The molecule has 104 valence electrons. The topological polar surface area (TPSA) is 66.6 Å². The number of benzene rings is 1. The second-order valence-corrected chi connectivity index (χ2v) is 5.61. The van der Waals surface area contributed by atoms with Crippen LogP contribution in [0.1, 0.15) is 12.8 Å². The fourth-order valence-corrected chi connectivity index (χ4v) is 2.79. The number of likely N-dealkylation sites (N-methyl/N-ethyl adjacent to an activating group) is 1. The van der Waals surface area contributed by atoms with Gasteiger partial charge in [-0.25, -0.2) is 0 Å². The van der Waals surface area contributed by atoms with Gasteiger partial charge in [0.2, 0.25) is 0 Å². The number of nitro benzene ring substituents is 1. The number of rotatable bonds is 5. The van der Waals surface area contributed by atoms with Crippen molar-refractivity contribution in [3.05, 3.63) is 32.3 Å². The molecule has 1 N–H and O–H groups in total. The van der Waals surface area contributed by atoms with Crippen molar-refractivity contribution >= 4 is 34.6 Å². The molecule has 1 aromatic carbocycles. The van der Waals surface area contributed by atoms with Gasteiger partial charge < -0.3 is 10.0 Å². The van der Waals surface area contributed by atoms with E-state index in [1.165, 1.54) is 12.1 Å². The van der Waals surface area contributed by atoms with E-state index in [4.69, 9.17) is 23.2 Å². The Balaban J connectivity index is 2.20. The van der Waals surface area contributed by atoms with Gasteiger partial charge in [-0.05, 0) is 18.8 Å². The van der Waals surface area contributed by atoms with E-state index in [9.17, 15) is 15.2 Å². The Labute approximate surface area is 120 Å². The number of halogens is 2. The van der Waals surface area contributed by atoms with Gasteiger partial charge in [0.15, 0.2) is 0 Å². The number of hydrogen-bond donors (Lipinski definition) is 1. The van der Waals surface area contributed by atoms with E-state index >= 15 is 0 Å². The van der Waals surface area contributed by atoms with E-state index in [2.05, 4.69) is 0 Å². The summed E-state index contributed by atoms with van der Waals surface area (Å²) in [6.07, 6.45) is 1.65. The summed E-state index contributed by atoms with van der Waals surface area (Å²) in [6, 6.07) is 2.53. The van der Waals surface area contributed by atoms with Crippen LogP contribution >= 0.6 is 23.2 Å². The standard InChI is InChI=1S/C12H14Cl2N2O3/c1-15(6-11(17)7-2-3-7)12-9(13)4-8(16(18)19)5-10(12)14/h4-5,7,11,17H,2-3,6H2,1H3. The Morgan fingerprint density at radius 1 is 1.47 bits per heavy atom. The first kappa shape index (κ1) is 14.4. The van der Waals surface area contributed by atoms with Gasteiger partial charge in [0, 0.05) is 25.7 Å². The SMILES string of the molecule is CN(CC(O)C1CC1)c1c(Cl)cc([N+](=O)[O-])cc1Cl. The average Bonchev–Trinajstić information content (AvgIpc) is 3.11. The number of aliphatic hydroxyl groups excluding tert-OH is 1. The number of anilines is 1. The molecule has 0 aliphatic heterocycles. The van der Waals surface area contributed by atoms with Crippen molar-refractivity contribution in [3.8, 4) is 0 Å². The van der Waals surface area contributed by atoms with Crippen molar-refractivity contribution in [2.24, 2.45) is 5.92 Å². The van der Waals surface area contributed by atoms with Gasteiger partial charge in [-0.2, -0.15) is 0 Å². The van der Waals surface area contributed by atoms with E-state index in [1.54, 1.807) is 11.9 Å². The lowest BCUT2D eigenvalue weighted by molar-refractivity contribution is -0.384. The molecule has 1 aromatic rings. The molecule has 0 heterocycles. The summed E-state index contributed by atoms with van der Waals surface area (Å²) < 4.78 is 0. The molecule has 0 spiro atoms. The van der Waals surface area contributed by atoms with Gasteiger partial charge in [-0.1, -0.05) is 23.2 Å². The molecule has 1 saturated carbocycles. The smallest absolute Gasteiger partial charge is 0.272 e. The maximum atomic E-state index is 10.7. The van der Waals surface area contributed by atoms with Crippen molar-refractivity contribution in [2.75, 3.05) is 18.5 Å². The van der Waals surface area contributed by atoms with Crippen molar-refractivity contribution in [2.45, 2.75) is 18.9 Å². The van der Waals surface area contributed by atoms with Gasteiger partial charge in [-0.15, -0.1) is 0 Å². The Morgan fingerprint density at radius 3 is 2.42 bits per heavy atom. The summed E-state index contributed by atoms with van der Waals surface area (Å²) in [5, 5.41) is 21.0. The van der Waals surface area contributed by atoms with Crippen molar-refractivity contribution in [1.82, 2.24) is 0 Å². The van der Waals surface area contributed by atoms with Crippen molar-refractivity contribution in [3.63, 3.8) is 0 Å². The molecule has 5 nitrogen and oxygen atoms in total. The fraction of sp³-hybridized carbons (Fsp3) is 0.500. The molecule has 1 aliphatic rings. The summed E-state index contributed by atoms with van der Waals surface area (Å²) in [4.78, 5) is 11.9. The summed E-state index contributed by atoms with van der Waals surface area (Å²) in [5.74, 6) is 0.345. The predicted octanol–water partition coefficient (Wildman–Crippen LogP) is 3.11. The molecule has 0 bridgehead atoms. The second kappa shape index (κ2) is 5.53. The van der Waals surface area contributed by atoms with Crippen LogP contribution in [0, 0.1) is 16.0 Å². The van der Waals surface area contributed by atoms with Crippen LogP contribution in [0.2, 0.25) is 10.0 Å². The molecule has 1 fully saturated rings. The van der Waals surface area contributed by atoms with Gasteiger partial charge in [0.05, 0.1) is 26.8 Å². The average molecular weight is 305 g/mol. The van der Waals surface area contributed by atoms with Crippen LogP contribution in [0.3, 0.4) is 0 Å². The minimum atomic E-state index is -0.541. The minimum absolute atomic E-state index is 0.144. The van der Waals surface area contributed by atoms with Crippen LogP contribution < -0.4 is 4.90 Å². The molecule has 1 unspecified atom stereocenters. The predicted molar refractivity (Wildman–Crippen MR) is 75.1 cm³/mol. The molecule has 0 aromatic heterocycles. The maximum Gasteiger partial charge on any atom is 0.272 e. The fourth-order valence-electron chi connectivity index (χ4n) is 2.02. The molecule has 0 saturated heterocycles. The Hall–Kier alpha value is -1.04.